The molecule has 4 atom stereocenters. The molecule has 4 rings (SSSR count). The summed E-state index contributed by atoms with van der Waals surface area (Å²) in [5.74, 6) is -3.78. The van der Waals surface area contributed by atoms with Gasteiger partial charge in [0, 0.05) is 51.8 Å². The van der Waals surface area contributed by atoms with Crippen molar-refractivity contribution in [1.29, 1.82) is 0 Å². The van der Waals surface area contributed by atoms with Crippen LogP contribution >= 0.6 is 54.1 Å². The third-order valence-electron chi connectivity index (χ3n) is 6.85. The van der Waals surface area contributed by atoms with Crippen LogP contribution in [-0.2, 0) is 35.6 Å². The van der Waals surface area contributed by atoms with E-state index in [1.165, 1.54) is 11.3 Å². The second kappa shape index (κ2) is 19.6. The van der Waals surface area contributed by atoms with Crippen LogP contribution in [0.5, 0.6) is 0 Å². The van der Waals surface area contributed by atoms with Gasteiger partial charge in [-0.05, 0) is 19.8 Å². The summed E-state index contributed by atoms with van der Waals surface area (Å²) in [6, 6.07) is 1.20. The molecule has 3 aromatic heterocycles. The molecule has 1 aliphatic heterocycles. The lowest BCUT2D eigenvalue weighted by atomic mass is 10.1. The fourth-order valence-electron chi connectivity index (χ4n) is 4.41. The van der Waals surface area contributed by atoms with Crippen LogP contribution in [0.3, 0.4) is 0 Å². The summed E-state index contributed by atoms with van der Waals surface area (Å²) in [5.41, 5.74) is 11.5. The number of guanidine groups is 1. The quantitative estimate of drug-likeness (QED) is 0.0137. The number of oxime groups is 1. The van der Waals surface area contributed by atoms with Crippen molar-refractivity contribution >= 4 is 95.0 Å². The first-order valence-electron chi connectivity index (χ1n) is 15.6. The number of aldehydes is 1. The predicted molar refractivity (Wildman–Crippen MR) is 200 cm³/mol. The standard InChI is InChI=1S/C28H35N12O9PS4/c1-3-49-37-19(21-36-27(54-39-21)38-50(46,47)48)22(42)34-20(23(43)32-15(11-41)5-4-8-31-26(29)30)24-35-18(25(44)45)17(13-51-24)53-28-33-16(12-52-28)14-6-9-40(2)10-7-14/h6-7,9-12,15,20,24,35H,3-5,8,13H2,1-2H3,(H9-,29,30,31,32,34,36,38,39,42,43,44,45,46,47,48)/b37-19-/t15?,20-,24-/m1/s1. The van der Waals surface area contributed by atoms with E-state index < -0.39 is 59.7 Å². The lowest BCUT2D eigenvalue weighted by molar-refractivity contribution is -0.671. The third kappa shape index (κ3) is 12.5. The van der Waals surface area contributed by atoms with Gasteiger partial charge in [-0.3, -0.25) is 19.1 Å². The first kappa shape index (κ1) is 42.1. The highest BCUT2D eigenvalue weighted by molar-refractivity contribution is 8.07. The monoisotopic (exact) mass is 842 g/mol. The molecule has 21 nitrogen and oxygen atoms in total. The van der Waals surface area contributed by atoms with Crippen LogP contribution in [0.15, 0.2) is 55.0 Å². The summed E-state index contributed by atoms with van der Waals surface area (Å²) in [7, 11) is -3.14. The molecular formula is C28H35N12O9PS4. The Morgan fingerprint density at radius 2 is 2.02 bits per heavy atom. The topological polar surface area (TPSA) is 326 Å². The minimum Gasteiger partial charge on any atom is -0.762 e. The number of thiazole rings is 1. The van der Waals surface area contributed by atoms with Crippen molar-refractivity contribution in [3.05, 3.63) is 46.3 Å². The Labute approximate surface area is 323 Å². The number of nitrogens with zero attached hydrogens (tertiary/aromatic N) is 6. The number of carbonyl (C=O) groups is 4. The third-order valence-corrected chi connectivity index (χ3v) is 11.5. The zero-order valence-corrected chi connectivity index (χ0v) is 32.6. The molecule has 0 radical (unpaired) electrons. The molecule has 4 heterocycles. The van der Waals surface area contributed by atoms with E-state index in [2.05, 4.69) is 40.4 Å². The number of amides is 2. The van der Waals surface area contributed by atoms with Gasteiger partial charge in [-0.15, -0.1) is 23.1 Å². The van der Waals surface area contributed by atoms with E-state index in [0.717, 1.165) is 29.1 Å². The van der Waals surface area contributed by atoms with Gasteiger partial charge in [-0.1, -0.05) is 16.9 Å². The highest BCUT2D eigenvalue weighted by Gasteiger charge is 2.38. The number of aryl methyl sites for hydroxylation is 1. The molecule has 0 aromatic carbocycles. The molecule has 2 unspecified atom stereocenters. The van der Waals surface area contributed by atoms with Gasteiger partial charge >= 0.3 is 5.97 Å². The summed E-state index contributed by atoms with van der Waals surface area (Å²) in [5, 5.41) is 23.9. The lowest BCUT2D eigenvalue weighted by Gasteiger charge is -2.33. The number of hydrogen-bond donors (Lipinski definition) is 8. The molecule has 0 aliphatic carbocycles. The lowest BCUT2D eigenvalue weighted by Crippen LogP contribution is -2.60. The number of pyridine rings is 1. The van der Waals surface area contributed by atoms with E-state index in [4.69, 9.17) is 21.2 Å². The zero-order chi connectivity index (χ0) is 39.4. The molecule has 2 amide bonds. The normalized spacial score (nSPS) is 16.6. The zero-order valence-electron chi connectivity index (χ0n) is 28.4. The Bertz CT molecular complexity index is 1960. The molecule has 26 heteroatoms. The van der Waals surface area contributed by atoms with E-state index >= 15 is 0 Å². The highest BCUT2D eigenvalue weighted by atomic mass is 32.2. The second-order valence-corrected chi connectivity index (χ2v) is 16.2. The number of aromatic nitrogens is 4. The van der Waals surface area contributed by atoms with Crippen molar-refractivity contribution in [2.24, 2.45) is 28.7 Å². The number of nitrogens with two attached hydrogens (primary N) is 2. The summed E-state index contributed by atoms with van der Waals surface area (Å²) in [6.07, 6.45) is 4.68. The van der Waals surface area contributed by atoms with E-state index in [-0.39, 0.29) is 37.0 Å². The van der Waals surface area contributed by atoms with Crippen LogP contribution < -0.4 is 42.0 Å². The van der Waals surface area contributed by atoms with Crippen LogP contribution in [-0.4, -0.2) is 96.4 Å². The maximum Gasteiger partial charge on any atom is 0.352 e. The number of carboxylic acids is 1. The summed E-state index contributed by atoms with van der Waals surface area (Å²) < 4.78 is 17.7. The molecule has 0 saturated heterocycles. The van der Waals surface area contributed by atoms with E-state index in [1.807, 2.05) is 41.5 Å². The summed E-state index contributed by atoms with van der Waals surface area (Å²) in [4.78, 5) is 90.3. The fraction of sp³-hybridized carbons (Fsp3) is 0.357. The van der Waals surface area contributed by atoms with Crippen LogP contribution in [0.1, 0.15) is 25.6 Å². The van der Waals surface area contributed by atoms with Gasteiger partial charge < -0.3 is 57.0 Å². The number of carbonyl (C=O) groups excluding carboxylic acids is 3. The molecule has 3 aromatic rings. The molecule has 1 aliphatic rings. The number of aliphatic imine (C=N–C) groups is 1. The van der Waals surface area contributed by atoms with Gasteiger partial charge in [0.05, 0.1) is 11.7 Å². The van der Waals surface area contributed by atoms with Crippen molar-refractivity contribution in [3.63, 3.8) is 0 Å². The van der Waals surface area contributed by atoms with Crippen molar-refractivity contribution in [3.8, 4) is 11.3 Å². The molecule has 0 fully saturated rings. The van der Waals surface area contributed by atoms with Gasteiger partial charge in [0.1, 0.15) is 37.1 Å². The van der Waals surface area contributed by atoms with Crippen molar-refractivity contribution in [2.75, 3.05) is 24.0 Å². The smallest absolute Gasteiger partial charge is 0.352 e. The minimum atomic E-state index is -5.03. The Balaban J connectivity index is 1.62. The van der Waals surface area contributed by atoms with E-state index in [0.29, 0.717) is 39.2 Å². The molecule has 0 saturated carbocycles. The molecule has 0 bridgehead atoms. The average Bonchev–Trinajstić information content (AvgIpc) is 3.78. The van der Waals surface area contributed by atoms with Crippen molar-refractivity contribution in [1.82, 2.24) is 30.3 Å². The van der Waals surface area contributed by atoms with Crippen LogP contribution in [0.4, 0.5) is 5.13 Å². The first-order chi connectivity index (χ1) is 25.7. The number of anilines is 1. The summed E-state index contributed by atoms with van der Waals surface area (Å²) >= 11 is 4.04. The Hall–Kier alpha value is -4.65. The fourth-order valence-corrected chi connectivity index (χ4v) is 8.93. The molecule has 0 spiro atoms. The van der Waals surface area contributed by atoms with Gasteiger partial charge in [0.25, 0.3) is 5.91 Å². The van der Waals surface area contributed by atoms with Gasteiger partial charge in [0.2, 0.25) is 30.3 Å². The maximum absolute atomic E-state index is 13.8. The number of hydrogen-bond acceptors (Lipinski definition) is 17. The number of rotatable bonds is 19. The molecular weight excluding hydrogens is 808 g/mol. The average molecular weight is 843 g/mol. The Morgan fingerprint density at radius 1 is 1.28 bits per heavy atom. The Kier molecular flexibility index (Phi) is 15.3. The molecule has 54 heavy (non-hydrogen) atoms. The van der Waals surface area contributed by atoms with Crippen LogP contribution in [0.25, 0.3) is 11.3 Å². The highest BCUT2D eigenvalue weighted by Crippen LogP contribution is 2.38. The largest absolute Gasteiger partial charge is 0.762 e. The molecule has 10 N–H and O–H groups in total. The first-order valence-corrected chi connectivity index (χ1v) is 20.7. The van der Waals surface area contributed by atoms with Gasteiger partial charge in [-0.2, -0.15) is 9.36 Å². The van der Waals surface area contributed by atoms with E-state index in [1.54, 1.807) is 12.0 Å². The maximum atomic E-state index is 13.8. The predicted octanol–water partition coefficient (Wildman–Crippen LogP) is -0.928. The minimum absolute atomic E-state index is 0.0128. The Morgan fingerprint density at radius 3 is 2.67 bits per heavy atom. The number of thioether (sulfide) groups is 2. The molecule has 290 valence electrons. The number of carboxylic acid groups (broad SMARTS) is 1. The second-order valence-electron chi connectivity index (χ2n) is 10.9. The van der Waals surface area contributed by atoms with Gasteiger partial charge in [0.15, 0.2) is 22.7 Å². The summed E-state index contributed by atoms with van der Waals surface area (Å²) in [6.45, 7) is 1.73. The van der Waals surface area contributed by atoms with Crippen LogP contribution in [0, 0.1) is 0 Å². The van der Waals surface area contributed by atoms with Gasteiger partial charge in [-0.25, -0.2) is 14.3 Å². The van der Waals surface area contributed by atoms with Crippen molar-refractivity contribution < 1.29 is 48.0 Å². The number of aliphatic carboxylic acids is 1. The van der Waals surface area contributed by atoms with E-state index in [9.17, 15) is 33.7 Å². The van der Waals surface area contributed by atoms with Crippen molar-refractivity contribution in [2.45, 2.75) is 41.6 Å². The number of nitrogens with one attached hydrogen (secondary N) is 4. The SMILES string of the molecule is CCO/N=C(\C(=O)N[C@H](C(=O)NC(C=O)CCCN=C(N)N)[C@@H]1NC(C(=O)O)=C(Sc2nc(-c3cc[n+](C)cc3)cs2)CS1)c1nsc(NP(=O)([O-])O)n1. The van der Waals surface area contributed by atoms with Crippen LogP contribution in [0.2, 0.25) is 0 Å².